The van der Waals surface area contributed by atoms with E-state index >= 15 is 0 Å². The number of nitrogens with zero attached hydrogens (tertiary/aromatic N) is 3. The molecule has 0 saturated carbocycles. The van der Waals surface area contributed by atoms with Crippen LogP contribution in [0.1, 0.15) is 28.4 Å². The molecule has 11 heteroatoms. The summed E-state index contributed by atoms with van der Waals surface area (Å²) < 4.78 is 0. The highest BCUT2D eigenvalue weighted by atomic mass is 32.2. The van der Waals surface area contributed by atoms with Gasteiger partial charge >= 0.3 is 5.97 Å². The molecule has 3 aromatic carbocycles. The molecule has 0 unspecified atom stereocenters. The molecule has 0 heterocycles. The van der Waals surface area contributed by atoms with Crippen molar-refractivity contribution in [2.75, 3.05) is 0 Å². The lowest BCUT2D eigenvalue weighted by molar-refractivity contribution is -0.385. The van der Waals surface area contributed by atoms with Gasteiger partial charge in [0, 0.05) is 51.6 Å². The molecule has 3 aromatic rings. The van der Waals surface area contributed by atoms with E-state index in [0.29, 0.717) is 0 Å². The van der Waals surface area contributed by atoms with Gasteiger partial charge in [-0.25, -0.2) is 4.79 Å². The third-order valence-corrected chi connectivity index (χ3v) is 5.65. The number of carbonyl (C=O) groups excluding carboxylic acids is 2. The molecule has 0 amide bonds. The van der Waals surface area contributed by atoms with Crippen LogP contribution in [-0.2, 0) is 9.63 Å². The van der Waals surface area contributed by atoms with Gasteiger partial charge in [0.15, 0.2) is 5.71 Å². The lowest BCUT2D eigenvalue weighted by Gasteiger charge is -2.09. The van der Waals surface area contributed by atoms with Crippen molar-refractivity contribution in [3.05, 3.63) is 104 Å². The van der Waals surface area contributed by atoms with Crippen LogP contribution in [0.25, 0.3) is 0 Å². The average molecular weight is 479 g/mol. The molecule has 0 N–H and O–H groups in total. The molecule has 0 atom stereocenters. The first-order valence-corrected chi connectivity index (χ1v) is 10.6. The Bertz CT molecular complexity index is 1300. The Kier molecular flexibility index (Phi) is 7.49. The zero-order chi connectivity index (χ0) is 24.8. The Morgan fingerprint density at radius 1 is 0.882 bits per heavy atom. The van der Waals surface area contributed by atoms with Gasteiger partial charge in [0.2, 0.25) is 5.78 Å². The number of nitro benzene ring substituents is 2. The Balaban J connectivity index is 1.89. The summed E-state index contributed by atoms with van der Waals surface area (Å²) in [7, 11) is 0. The van der Waals surface area contributed by atoms with Crippen molar-refractivity contribution in [3.63, 3.8) is 0 Å². The van der Waals surface area contributed by atoms with E-state index in [-0.39, 0.29) is 33.8 Å². The molecule has 0 aliphatic heterocycles. The third kappa shape index (κ3) is 5.70. The van der Waals surface area contributed by atoms with E-state index < -0.39 is 21.6 Å². The lowest BCUT2D eigenvalue weighted by Crippen LogP contribution is -2.18. The summed E-state index contributed by atoms with van der Waals surface area (Å²) in [6.45, 7) is 2.60. The zero-order valence-electron chi connectivity index (χ0n) is 18.0. The maximum Gasteiger partial charge on any atom is 0.332 e. The van der Waals surface area contributed by atoms with E-state index in [2.05, 4.69) is 5.16 Å². The van der Waals surface area contributed by atoms with Gasteiger partial charge in [0.25, 0.3) is 11.4 Å². The quantitative estimate of drug-likeness (QED) is 0.143. The number of hydrogen-bond donors (Lipinski definition) is 0. The van der Waals surface area contributed by atoms with Crippen molar-refractivity contribution in [2.45, 2.75) is 23.6 Å². The second kappa shape index (κ2) is 10.5. The summed E-state index contributed by atoms with van der Waals surface area (Å²) in [5, 5.41) is 25.8. The minimum atomic E-state index is -0.747. The maximum atomic E-state index is 13.2. The molecule has 0 bridgehead atoms. The number of ketones is 1. The summed E-state index contributed by atoms with van der Waals surface area (Å²) in [6.07, 6.45) is 0. The minimum absolute atomic E-state index is 0.0127. The van der Waals surface area contributed by atoms with Crippen molar-refractivity contribution >= 4 is 40.6 Å². The number of oxime groups is 1. The fourth-order valence-electron chi connectivity index (χ4n) is 2.98. The summed E-state index contributed by atoms with van der Waals surface area (Å²) >= 11 is 1.35. The normalized spacial score (nSPS) is 11.1. The van der Waals surface area contributed by atoms with Gasteiger partial charge in [-0.3, -0.25) is 25.0 Å². The molecule has 0 saturated heterocycles. The van der Waals surface area contributed by atoms with Crippen molar-refractivity contribution in [3.8, 4) is 0 Å². The van der Waals surface area contributed by atoms with Crippen LogP contribution < -0.4 is 0 Å². The molecule has 172 valence electrons. The molecular weight excluding hydrogens is 462 g/mol. The van der Waals surface area contributed by atoms with Gasteiger partial charge in [-0.05, 0) is 43.3 Å². The Morgan fingerprint density at radius 3 is 2.00 bits per heavy atom. The van der Waals surface area contributed by atoms with Crippen molar-refractivity contribution in [1.29, 1.82) is 0 Å². The molecule has 10 nitrogen and oxygen atoms in total. The largest absolute Gasteiger partial charge is 0.332 e. The monoisotopic (exact) mass is 479 g/mol. The molecule has 0 spiro atoms. The number of carbonyl (C=O) groups is 2. The Labute approximate surface area is 197 Å². The van der Waals surface area contributed by atoms with Crippen molar-refractivity contribution in [2.24, 2.45) is 5.16 Å². The Morgan fingerprint density at radius 2 is 1.47 bits per heavy atom. The predicted octanol–water partition coefficient (Wildman–Crippen LogP) is 5.11. The van der Waals surface area contributed by atoms with Crippen LogP contribution in [0.15, 0.2) is 81.7 Å². The van der Waals surface area contributed by atoms with Crippen LogP contribution in [0.3, 0.4) is 0 Å². The van der Waals surface area contributed by atoms with Gasteiger partial charge in [0.1, 0.15) is 0 Å². The summed E-state index contributed by atoms with van der Waals surface area (Å²) in [5.74, 6) is -1.33. The van der Waals surface area contributed by atoms with Gasteiger partial charge in [-0.1, -0.05) is 29.1 Å². The lowest BCUT2D eigenvalue weighted by atomic mass is 9.96. The predicted molar refractivity (Wildman–Crippen MR) is 124 cm³/mol. The molecule has 0 aliphatic rings. The van der Waals surface area contributed by atoms with Gasteiger partial charge in [-0.2, -0.15) is 0 Å². The second-order valence-electron chi connectivity index (χ2n) is 6.94. The zero-order valence-corrected chi connectivity index (χ0v) is 18.8. The van der Waals surface area contributed by atoms with Crippen LogP contribution in [0.5, 0.6) is 0 Å². The molecule has 0 fully saturated rings. The molecule has 34 heavy (non-hydrogen) atoms. The average Bonchev–Trinajstić information content (AvgIpc) is 2.80. The first-order chi connectivity index (χ1) is 16.2. The van der Waals surface area contributed by atoms with E-state index in [1.165, 1.54) is 49.0 Å². The van der Waals surface area contributed by atoms with Crippen LogP contribution in [0.4, 0.5) is 11.4 Å². The maximum absolute atomic E-state index is 13.2. The van der Waals surface area contributed by atoms with E-state index in [1.807, 2.05) is 0 Å². The minimum Gasteiger partial charge on any atom is -0.318 e. The van der Waals surface area contributed by atoms with E-state index in [1.54, 1.807) is 36.4 Å². The SMILES string of the molecule is CC(=O)O/N=C(/C(=O)c1ccc(Sc2ccc([N+](=O)[O-])cc2)cc1)c1cccc([N+](=O)[O-])c1C. The van der Waals surface area contributed by atoms with E-state index in [9.17, 15) is 29.8 Å². The second-order valence-corrected chi connectivity index (χ2v) is 8.08. The molecule has 3 rings (SSSR count). The third-order valence-electron chi connectivity index (χ3n) is 4.64. The fraction of sp³-hybridized carbons (Fsp3) is 0.0870. The van der Waals surface area contributed by atoms with Gasteiger partial charge < -0.3 is 4.84 Å². The highest BCUT2D eigenvalue weighted by Crippen LogP contribution is 2.30. The molecule has 0 aliphatic carbocycles. The number of nitro groups is 2. The van der Waals surface area contributed by atoms with Crippen LogP contribution >= 0.6 is 11.8 Å². The first-order valence-electron chi connectivity index (χ1n) is 9.74. The number of rotatable bonds is 8. The number of benzene rings is 3. The smallest absolute Gasteiger partial charge is 0.318 e. The number of hydrogen-bond acceptors (Lipinski definition) is 9. The van der Waals surface area contributed by atoms with Crippen molar-refractivity contribution in [1.82, 2.24) is 0 Å². The highest BCUT2D eigenvalue weighted by molar-refractivity contribution is 7.99. The first kappa shape index (κ1) is 24.3. The van der Waals surface area contributed by atoms with E-state index in [0.717, 1.165) is 16.7 Å². The summed E-state index contributed by atoms with van der Waals surface area (Å²) in [4.78, 5) is 51.8. The van der Waals surface area contributed by atoms with E-state index in [4.69, 9.17) is 4.84 Å². The number of Topliss-reactive ketones (excluding diaryl/α,β-unsaturated/α-hetero) is 1. The number of non-ortho nitro benzene ring substituents is 1. The van der Waals surface area contributed by atoms with Crippen molar-refractivity contribution < 1.29 is 24.3 Å². The standard InChI is InChI=1S/C23H17N3O7S/c1-14-20(4-3-5-21(14)26(31)32)22(24-33-15(2)27)23(28)16-6-10-18(11-7-16)34-19-12-8-17(9-13-19)25(29)30/h3-13H,1-2H3/b24-22+. The topological polar surface area (TPSA) is 142 Å². The summed E-state index contributed by atoms with van der Waals surface area (Å²) in [6, 6.07) is 16.7. The van der Waals surface area contributed by atoms with Crippen LogP contribution in [0.2, 0.25) is 0 Å². The molecule has 0 radical (unpaired) electrons. The fourth-order valence-corrected chi connectivity index (χ4v) is 3.80. The van der Waals surface area contributed by atoms with Gasteiger partial charge in [-0.15, -0.1) is 0 Å². The van der Waals surface area contributed by atoms with Gasteiger partial charge in [0.05, 0.1) is 9.85 Å². The molecule has 0 aromatic heterocycles. The molecular formula is C23H17N3O7S. The Hall–Kier alpha value is -4.38. The van der Waals surface area contributed by atoms with Crippen LogP contribution in [0, 0.1) is 27.2 Å². The summed E-state index contributed by atoms with van der Waals surface area (Å²) in [5.41, 5.74) is 0.149. The van der Waals surface area contributed by atoms with Crippen LogP contribution in [-0.4, -0.2) is 27.3 Å². The highest BCUT2D eigenvalue weighted by Gasteiger charge is 2.24.